The summed E-state index contributed by atoms with van der Waals surface area (Å²) in [4.78, 5) is 12.9. The lowest BCUT2D eigenvalue weighted by atomic mass is 10.1. The number of nitrogens with one attached hydrogen (secondary N) is 1. The van der Waals surface area contributed by atoms with Crippen LogP contribution in [0, 0.1) is 13.8 Å². The maximum atomic E-state index is 12.9. The summed E-state index contributed by atoms with van der Waals surface area (Å²) in [5.74, 6) is -0.340. The highest BCUT2D eigenvalue weighted by Crippen LogP contribution is 2.30. The first-order valence-electron chi connectivity index (χ1n) is 9.36. The molecule has 0 saturated heterocycles. The fraction of sp³-hybridized carbons (Fsp3) is 0.182. The van der Waals surface area contributed by atoms with Gasteiger partial charge in [-0.3, -0.25) is 4.79 Å². The molecule has 4 aromatic rings. The number of hydrogen-bond acceptors (Lipinski definition) is 5. The molecule has 1 amide bonds. The van der Waals surface area contributed by atoms with Crippen LogP contribution >= 0.6 is 11.6 Å². The SMILES string of the molecule is COCc1nn2c(C)c(C(=O)Nc3ccccc3C)nnc2c1-c1ccc(Cl)cc1. The molecule has 0 saturated carbocycles. The monoisotopic (exact) mass is 421 g/mol. The number of halogens is 1. The van der Waals surface area contributed by atoms with E-state index < -0.39 is 0 Å². The molecule has 0 unspecified atom stereocenters. The normalized spacial score (nSPS) is 11.1. The number of anilines is 1. The van der Waals surface area contributed by atoms with Crippen LogP contribution < -0.4 is 5.32 Å². The number of fused-ring (bicyclic) bond motifs is 1. The lowest BCUT2D eigenvalue weighted by Crippen LogP contribution is -2.19. The summed E-state index contributed by atoms with van der Waals surface area (Å²) in [5.41, 5.74) is 5.43. The zero-order chi connectivity index (χ0) is 21.3. The molecule has 7 nitrogen and oxygen atoms in total. The standard InChI is InChI=1S/C22H20ClN5O2/c1-13-6-4-5-7-17(13)24-22(29)20-14(2)28-21(26-25-20)19(18(27-28)12-30-3)15-8-10-16(23)11-9-15/h4-11H,12H2,1-3H3,(H,24,29). The van der Waals surface area contributed by atoms with E-state index in [1.54, 1.807) is 30.7 Å². The Morgan fingerprint density at radius 2 is 1.83 bits per heavy atom. The van der Waals surface area contributed by atoms with Crippen molar-refractivity contribution in [3.05, 3.63) is 76.2 Å². The Hall–Kier alpha value is -3.29. The average Bonchev–Trinajstić information content (AvgIpc) is 3.10. The number of amides is 1. The van der Waals surface area contributed by atoms with Gasteiger partial charge in [-0.25, -0.2) is 4.52 Å². The lowest BCUT2D eigenvalue weighted by Gasteiger charge is -2.09. The first kappa shape index (κ1) is 20.0. The number of aromatic nitrogens is 4. The Morgan fingerprint density at radius 3 is 2.53 bits per heavy atom. The fourth-order valence-electron chi connectivity index (χ4n) is 3.30. The molecule has 8 heteroatoms. The van der Waals surface area contributed by atoms with E-state index in [2.05, 4.69) is 20.6 Å². The molecule has 0 aliphatic rings. The van der Waals surface area contributed by atoms with Gasteiger partial charge in [-0.05, 0) is 43.2 Å². The van der Waals surface area contributed by atoms with E-state index >= 15 is 0 Å². The molecule has 0 bridgehead atoms. The van der Waals surface area contributed by atoms with Gasteiger partial charge in [0, 0.05) is 17.8 Å². The van der Waals surface area contributed by atoms with E-state index in [-0.39, 0.29) is 11.6 Å². The number of carbonyl (C=O) groups is 1. The molecule has 0 fully saturated rings. The van der Waals surface area contributed by atoms with Crippen molar-refractivity contribution < 1.29 is 9.53 Å². The van der Waals surface area contributed by atoms with Crippen molar-refractivity contribution >= 4 is 28.8 Å². The molecule has 2 aromatic carbocycles. The second kappa shape index (κ2) is 8.22. The first-order valence-corrected chi connectivity index (χ1v) is 9.74. The predicted octanol–water partition coefficient (Wildman–Crippen LogP) is 4.46. The van der Waals surface area contributed by atoms with Crippen molar-refractivity contribution in [2.45, 2.75) is 20.5 Å². The number of rotatable bonds is 5. The summed E-state index contributed by atoms with van der Waals surface area (Å²) in [7, 11) is 1.61. The van der Waals surface area contributed by atoms with Crippen LogP contribution in [0.3, 0.4) is 0 Å². The second-order valence-corrected chi connectivity index (χ2v) is 7.34. The molecule has 1 N–H and O–H groups in total. The summed E-state index contributed by atoms with van der Waals surface area (Å²) in [6, 6.07) is 15.0. The van der Waals surface area contributed by atoms with Gasteiger partial charge in [0.15, 0.2) is 11.3 Å². The van der Waals surface area contributed by atoms with Gasteiger partial charge in [0.2, 0.25) is 0 Å². The van der Waals surface area contributed by atoms with E-state index in [0.717, 1.165) is 22.4 Å². The minimum absolute atomic E-state index is 0.208. The molecule has 0 aliphatic heterocycles. The van der Waals surface area contributed by atoms with Crippen LogP contribution in [0.4, 0.5) is 5.69 Å². The summed E-state index contributed by atoms with van der Waals surface area (Å²) in [5, 5.41) is 16.7. The summed E-state index contributed by atoms with van der Waals surface area (Å²) in [6.45, 7) is 4.02. The Kier molecular flexibility index (Phi) is 5.48. The van der Waals surface area contributed by atoms with Crippen molar-refractivity contribution in [2.75, 3.05) is 12.4 Å². The largest absolute Gasteiger partial charge is 0.378 e. The Bertz CT molecular complexity index is 1230. The maximum Gasteiger partial charge on any atom is 0.278 e. The minimum atomic E-state index is -0.340. The molecule has 0 aliphatic carbocycles. The molecular formula is C22H20ClN5O2. The Morgan fingerprint density at radius 1 is 1.10 bits per heavy atom. The first-order chi connectivity index (χ1) is 14.5. The molecular weight excluding hydrogens is 402 g/mol. The molecule has 152 valence electrons. The van der Waals surface area contributed by atoms with E-state index in [1.165, 1.54) is 0 Å². The van der Waals surface area contributed by atoms with Crippen LogP contribution in [0.2, 0.25) is 5.02 Å². The molecule has 4 rings (SSSR count). The van der Waals surface area contributed by atoms with Crippen molar-refractivity contribution in [2.24, 2.45) is 0 Å². The van der Waals surface area contributed by atoms with Crippen molar-refractivity contribution in [3.8, 4) is 11.1 Å². The quantitative estimate of drug-likeness (QED) is 0.514. The number of para-hydroxylation sites is 1. The number of ether oxygens (including phenoxy) is 1. The summed E-state index contributed by atoms with van der Waals surface area (Å²) >= 11 is 6.03. The number of aryl methyl sites for hydroxylation is 2. The molecule has 2 aromatic heterocycles. The van der Waals surface area contributed by atoms with Gasteiger partial charge in [-0.2, -0.15) is 5.10 Å². The number of nitrogens with zero attached hydrogens (tertiary/aromatic N) is 4. The van der Waals surface area contributed by atoms with Crippen molar-refractivity contribution in [3.63, 3.8) is 0 Å². The highest BCUT2D eigenvalue weighted by atomic mass is 35.5. The van der Waals surface area contributed by atoms with Crippen molar-refractivity contribution in [1.29, 1.82) is 0 Å². The van der Waals surface area contributed by atoms with E-state index in [4.69, 9.17) is 16.3 Å². The van der Waals surface area contributed by atoms with Crippen LogP contribution in [-0.2, 0) is 11.3 Å². The van der Waals surface area contributed by atoms with Gasteiger partial charge in [0.1, 0.15) is 0 Å². The van der Waals surface area contributed by atoms with Gasteiger partial charge in [-0.15, -0.1) is 10.2 Å². The third-order valence-electron chi connectivity index (χ3n) is 4.86. The second-order valence-electron chi connectivity index (χ2n) is 6.90. The van der Waals surface area contributed by atoms with Gasteiger partial charge in [0.05, 0.1) is 23.6 Å². The maximum absolute atomic E-state index is 12.9. The lowest BCUT2D eigenvalue weighted by molar-refractivity contribution is 0.102. The topological polar surface area (TPSA) is 81.4 Å². The highest BCUT2D eigenvalue weighted by molar-refractivity contribution is 6.30. The number of carbonyl (C=O) groups excluding carboxylic acids is 1. The van der Waals surface area contributed by atoms with Gasteiger partial charge >= 0.3 is 0 Å². The van der Waals surface area contributed by atoms with Crippen LogP contribution in [0.15, 0.2) is 48.5 Å². The zero-order valence-electron chi connectivity index (χ0n) is 16.8. The van der Waals surface area contributed by atoms with Crippen LogP contribution in [0.1, 0.15) is 27.4 Å². The highest BCUT2D eigenvalue weighted by Gasteiger charge is 2.22. The molecule has 0 spiro atoms. The summed E-state index contributed by atoms with van der Waals surface area (Å²) in [6.07, 6.45) is 0. The van der Waals surface area contributed by atoms with Gasteiger partial charge < -0.3 is 10.1 Å². The Balaban J connectivity index is 1.80. The zero-order valence-corrected chi connectivity index (χ0v) is 17.6. The molecule has 0 radical (unpaired) electrons. The number of hydrogen-bond donors (Lipinski definition) is 1. The van der Waals surface area contributed by atoms with Crippen LogP contribution in [-0.4, -0.2) is 32.8 Å². The minimum Gasteiger partial charge on any atom is -0.378 e. The van der Waals surface area contributed by atoms with E-state index in [0.29, 0.717) is 28.7 Å². The smallest absolute Gasteiger partial charge is 0.278 e. The third kappa shape index (κ3) is 3.65. The van der Waals surface area contributed by atoms with E-state index in [9.17, 15) is 4.79 Å². The molecule has 30 heavy (non-hydrogen) atoms. The predicted molar refractivity (Wildman–Crippen MR) is 116 cm³/mol. The molecule has 2 heterocycles. The Labute approximate surface area is 178 Å². The van der Waals surface area contributed by atoms with E-state index in [1.807, 2.05) is 43.3 Å². The molecule has 0 atom stereocenters. The third-order valence-corrected chi connectivity index (χ3v) is 5.11. The van der Waals surface area contributed by atoms with Crippen LogP contribution in [0.5, 0.6) is 0 Å². The fourth-order valence-corrected chi connectivity index (χ4v) is 3.43. The van der Waals surface area contributed by atoms with Gasteiger partial charge in [-0.1, -0.05) is 41.9 Å². The van der Waals surface area contributed by atoms with Crippen molar-refractivity contribution in [1.82, 2.24) is 19.8 Å². The summed E-state index contributed by atoms with van der Waals surface area (Å²) < 4.78 is 6.96. The average molecular weight is 422 g/mol. The number of benzene rings is 2. The van der Waals surface area contributed by atoms with Gasteiger partial charge in [0.25, 0.3) is 5.91 Å². The number of methoxy groups -OCH3 is 1. The van der Waals surface area contributed by atoms with Crippen LogP contribution in [0.25, 0.3) is 16.8 Å².